The van der Waals surface area contributed by atoms with Crippen molar-refractivity contribution in [3.63, 3.8) is 0 Å². The van der Waals surface area contributed by atoms with Crippen molar-refractivity contribution in [2.24, 2.45) is 5.41 Å². The Morgan fingerprint density at radius 3 is 2.81 bits per heavy atom. The van der Waals surface area contributed by atoms with Crippen molar-refractivity contribution < 1.29 is 13.7 Å². The fourth-order valence-electron chi connectivity index (χ4n) is 2.72. The first-order valence-electron chi connectivity index (χ1n) is 6.92. The maximum Gasteiger partial charge on any atom is 0.327 e. The molecule has 2 rings (SSSR count). The van der Waals surface area contributed by atoms with Crippen molar-refractivity contribution in [2.75, 3.05) is 18.4 Å². The third kappa shape index (κ3) is 3.47. The van der Waals surface area contributed by atoms with Gasteiger partial charge in [-0.15, -0.1) is 0 Å². The van der Waals surface area contributed by atoms with Crippen LogP contribution in [0.25, 0.3) is 0 Å². The number of nitrogens with zero attached hydrogens (tertiary/aromatic N) is 1. The number of piperidine rings is 1. The number of hydrogen-bond donors (Lipinski definition) is 2. The summed E-state index contributed by atoms with van der Waals surface area (Å²) in [5, 5.41) is 17.1. The van der Waals surface area contributed by atoms with Crippen molar-refractivity contribution in [1.29, 1.82) is 0 Å². The Bertz CT molecular complexity index is 549. The second-order valence-corrected chi connectivity index (χ2v) is 6.02. The average molecular weight is 299 g/mol. The third-order valence-electron chi connectivity index (χ3n) is 4.04. The van der Waals surface area contributed by atoms with Crippen LogP contribution in [-0.2, 0) is 0 Å². The van der Waals surface area contributed by atoms with Gasteiger partial charge in [-0.05, 0) is 24.8 Å². The standard InChI is InChI=1S/C14H19F2N3O2/c1-14(2)4-3-5-17-12(14)8-18-11-7-9(15)6-10(16)13(11)19(20)21/h6-7,12,17-18H,3-5,8H2,1-2H3. The van der Waals surface area contributed by atoms with Crippen LogP contribution in [0.2, 0.25) is 0 Å². The highest BCUT2D eigenvalue weighted by Crippen LogP contribution is 2.32. The van der Waals surface area contributed by atoms with Gasteiger partial charge in [-0.25, -0.2) is 4.39 Å². The molecule has 0 aliphatic carbocycles. The van der Waals surface area contributed by atoms with Crippen LogP contribution in [0.4, 0.5) is 20.2 Å². The fraction of sp³-hybridized carbons (Fsp3) is 0.571. The molecule has 21 heavy (non-hydrogen) atoms. The minimum atomic E-state index is -1.17. The molecule has 2 N–H and O–H groups in total. The zero-order valence-electron chi connectivity index (χ0n) is 12.1. The van der Waals surface area contributed by atoms with Gasteiger partial charge in [0.1, 0.15) is 11.5 Å². The molecule has 7 heteroatoms. The molecule has 1 unspecified atom stereocenters. The number of benzene rings is 1. The van der Waals surface area contributed by atoms with E-state index in [1.165, 1.54) is 0 Å². The van der Waals surface area contributed by atoms with Gasteiger partial charge >= 0.3 is 5.69 Å². The molecule has 1 aliphatic rings. The van der Waals surface area contributed by atoms with Gasteiger partial charge in [-0.2, -0.15) is 4.39 Å². The largest absolute Gasteiger partial charge is 0.378 e. The molecule has 1 atom stereocenters. The van der Waals surface area contributed by atoms with E-state index in [2.05, 4.69) is 24.5 Å². The van der Waals surface area contributed by atoms with Crippen LogP contribution in [-0.4, -0.2) is 24.1 Å². The van der Waals surface area contributed by atoms with Crippen LogP contribution in [0.3, 0.4) is 0 Å². The summed E-state index contributed by atoms with van der Waals surface area (Å²) in [7, 11) is 0. The van der Waals surface area contributed by atoms with E-state index in [-0.39, 0.29) is 17.1 Å². The minimum Gasteiger partial charge on any atom is -0.378 e. The van der Waals surface area contributed by atoms with E-state index in [1.807, 2.05) is 0 Å². The van der Waals surface area contributed by atoms with Crippen molar-refractivity contribution in [3.05, 3.63) is 33.9 Å². The number of rotatable bonds is 4. The topological polar surface area (TPSA) is 67.2 Å². The number of halogens is 2. The van der Waals surface area contributed by atoms with Crippen molar-refractivity contribution in [1.82, 2.24) is 5.32 Å². The maximum atomic E-state index is 13.5. The third-order valence-corrected chi connectivity index (χ3v) is 4.04. The summed E-state index contributed by atoms with van der Waals surface area (Å²) < 4.78 is 26.8. The summed E-state index contributed by atoms with van der Waals surface area (Å²) in [6.45, 7) is 5.45. The highest BCUT2D eigenvalue weighted by atomic mass is 19.1. The molecule has 0 aromatic heterocycles. The van der Waals surface area contributed by atoms with Crippen molar-refractivity contribution >= 4 is 11.4 Å². The van der Waals surface area contributed by atoms with Gasteiger partial charge in [0.25, 0.3) is 0 Å². The molecule has 116 valence electrons. The zero-order chi connectivity index (χ0) is 15.6. The lowest BCUT2D eigenvalue weighted by molar-refractivity contribution is -0.386. The van der Waals surface area contributed by atoms with Gasteiger partial charge in [0, 0.05) is 24.7 Å². The van der Waals surface area contributed by atoms with E-state index in [4.69, 9.17) is 0 Å². The number of hydrogen-bond acceptors (Lipinski definition) is 4. The highest BCUT2D eigenvalue weighted by Gasteiger charge is 2.32. The molecule has 1 saturated heterocycles. The molecule has 0 amide bonds. The molecule has 1 aliphatic heterocycles. The van der Waals surface area contributed by atoms with E-state index < -0.39 is 22.2 Å². The fourth-order valence-corrected chi connectivity index (χ4v) is 2.72. The normalized spacial score (nSPS) is 21.0. The molecular weight excluding hydrogens is 280 g/mol. The van der Waals surface area contributed by atoms with Gasteiger partial charge in [-0.3, -0.25) is 10.1 Å². The monoisotopic (exact) mass is 299 g/mol. The Labute approximate surface area is 121 Å². The lowest BCUT2D eigenvalue weighted by Crippen LogP contribution is -2.50. The van der Waals surface area contributed by atoms with Gasteiger partial charge in [0.05, 0.1) is 4.92 Å². The molecule has 0 saturated carbocycles. The van der Waals surface area contributed by atoms with Gasteiger partial charge in [0.15, 0.2) is 0 Å². The molecule has 1 heterocycles. The first kappa shape index (κ1) is 15.6. The SMILES string of the molecule is CC1(C)CCCNC1CNc1cc(F)cc(F)c1[N+](=O)[O-]. The number of nitrogens with one attached hydrogen (secondary N) is 2. The summed E-state index contributed by atoms with van der Waals surface area (Å²) >= 11 is 0. The summed E-state index contributed by atoms with van der Waals surface area (Å²) in [4.78, 5) is 10.1. The van der Waals surface area contributed by atoms with E-state index in [1.54, 1.807) is 0 Å². The highest BCUT2D eigenvalue weighted by molar-refractivity contribution is 5.62. The van der Waals surface area contributed by atoms with Gasteiger partial charge in [-0.1, -0.05) is 13.8 Å². The second kappa shape index (κ2) is 5.93. The quantitative estimate of drug-likeness (QED) is 0.662. The van der Waals surface area contributed by atoms with Crippen molar-refractivity contribution in [3.8, 4) is 0 Å². The number of nitro groups is 1. The molecule has 1 aromatic rings. The molecule has 1 fully saturated rings. The smallest absolute Gasteiger partial charge is 0.327 e. The van der Waals surface area contributed by atoms with E-state index in [0.29, 0.717) is 12.6 Å². The van der Waals surface area contributed by atoms with Gasteiger partial charge in [0.2, 0.25) is 5.82 Å². The first-order chi connectivity index (χ1) is 9.81. The molecule has 5 nitrogen and oxygen atoms in total. The van der Waals surface area contributed by atoms with E-state index in [9.17, 15) is 18.9 Å². The van der Waals surface area contributed by atoms with Crippen LogP contribution < -0.4 is 10.6 Å². The zero-order valence-corrected chi connectivity index (χ0v) is 12.1. The predicted molar refractivity (Wildman–Crippen MR) is 76.3 cm³/mol. The maximum absolute atomic E-state index is 13.5. The summed E-state index contributed by atoms with van der Waals surface area (Å²) in [6, 6.07) is 1.56. The van der Waals surface area contributed by atoms with Crippen molar-refractivity contribution in [2.45, 2.75) is 32.7 Å². The van der Waals surface area contributed by atoms with Crippen LogP contribution >= 0.6 is 0 Å². The Kier molecular flexibility index (Phi) is 4.41. The Morgan fingerprint density at radius 2 is 2.19 bits per heavy atom. The Hall–Kier alpha value is -1.76. The van der Waals surface area contributed by atoms with Gasteiger partial charge < -0.3 is 10.6 Å². The molecule has 0 bridgehead atoms. The lowest BCUT2D eigenvalue weighted by Gasteiger charge is -2.39. The van der Waals surface area contributed by atoms with E-state index >= 15 is 0 Å². The Balaban J connectivity index is 2.18. The number of nitro benzene ring substituents is 1. The molecular formula is C14H19F2N3O2. The first-order valence-corrected chi connectivity index (χ1v) is 6.92. The summed E-state index contributed by atoms with van der Waals surface area (Å²) in [5.41, 5.74) is -0.822. The molecule has 0 radical (unpaired) electrons. The summed E-state index contributed by atoms with van der Waals surface area (Å²) in [6.07, 6.45) is 2.10. The second-order valence-electron chi connectivity index (χ2n) is 6.02. The molecule has 1 aromatic carbocycles. The predicted octanol–water partition coefficient (Wildman–Crippen LogP) is 3.06. The summed E-state index contributed by atoms with van der Waals surface area (Å²) in [5.74, 6) is -2.00. The minimum absolute atomic E-state index is 0.0197. The Morgan fingerprint density at radius 1 is 1.48 bits per heavy atom. The number of anilines is 1. The molecule has 0 spiro atoms. The average Bonchev–Trinajstić information content (AvgIpc) is 2.35. The lowest BCUT2D eigenvalue weighted by atomic mass is 9.77. The van der Waals surface area contributed by atoms with Crippen LogP contribution in [0.5, 0.6) is 0 Å². The van der Waals surface area contributed by atoms with E-state index in [0.717, 1.165) is 25.5 Å². The van der Waals surface area contributed by atoms with Crippen LogP contribution in [0, 0.1) is 27.2 Å². The van der Waals surface area contributed by atoms with Crippen LogP contribution in [0.15, 0.2) is 12.1 Å². The van der Waals surface area contributed by atoms with Crippen LogP contribution in [0.1, 0.15) is 26.7 Å².